The summed E-state index contributed by atoms with van der Waals surface area (Å²) in [6.07, 6.45) is 1.24. The molecule has 0 unspecified atom stereocenters. The molecule has 1 rings (SSSR count). The van der Waals surface area contributed by atoms with Crippen molar-refractivity contribution in [3.8, 4) is 0 Å². The molecule has 0 bridgehead atoms. The highest BCUT2D eigenvalue weighted by Gasteiger charge is 2.20. The van der Waals surface area contributed by atoms with Gasteiger partial charge in [-0.2, -0.15) is 0 Å². The van der Waals surface area contributed by atoms with Crippen molar-refractivity contribution in [2.45, 2.75) is 12.5 Å². The number of anilines is 1. The molecule has 5 N–H and O–H groups in total. The van der Waals surface area contributed by atoms with Crippen LogP contribution in [0.4, 0.5) is 5.69 Å². The number of aliphatic hydroxyl groups excluding tert-OH is 1. The first-order valence-corrected chi connectivity index (χ1v) is 4.90. The fourth-order valence-corrected chi connectivity index (χ4v) is 1.16. The molecule has 0 aliphatic heterocycles. The van der Waals surface area contributed by atoms with Crippen LogP contribution >= 0.6 is 0 Å². The molecule has 0 aliphatic carbocycles. The molecule has 0 aliphatic rings. The molecule has 0 fully saturated rings. The van der Waals surface area contributed by atoms with Gasteiger partial charge in [0.1, 0.15) is 11.7 Å². The average Bonchev–Trinajstić information content (AvgIpc) is 2.29. The molecule has 1 aromatic rings. The van der Waals surface area contributed by atoms with E-state index in [0.29, 0.717) is 5.69 Å². The Morgan fingerprint density at radius 2 is 2.18 bits per heavy atom. The maximum absolute atomic E-state index is 11.6. The number of aliphatic carboxylic acids is 1. The van der Waals surface area contributed by atoms with Crippen molar-refractivity contribution in [2.75, 3.05) is 12.3 Å². The summed E-state index contributed by atoms with van der Waals surface area (Å²) in [5.74, 6) is -1.83. The fourth-order valence-electron chi connectivity index (χ4n) is 1.16. The summed E-state index contributed by atoms with van der Waals surface area (Å²) >= 11 is 0. The van der Waals surface area contributed by atoms with Crippen LogP contribution in [0.25, 0.3) is 0 Å². The van der Waals surface area contributed by atoms with Crippen LogP contribution in [0.3, 0.4) is 0 Å². The second-order valence-electron chi connectivity index (χ2n) is 3.35. The summed E-state index contributed by atoms with van der Waals surface area (Å²) in [7, 11) is 0. The second kappa shape index (κ2) is 5.80. The Labute approximate surface area is 97.3 Å². The van der Waals surface area contributed by atoms with Crippen molar-refractivity contribution in [1.82, 2.24) is 10.3 Å². The summed E-state index contributed by atoms with van der Waals surface area (Å²) in [6.45, 7) is -0.327. The molecule has 0 aromatic carbocycles. The molecular formula is C10H13N3O4. The van der Waals surface area contributed by atoms with Crippen LogP contribution in [0.1, 0.15) is 16.9 Å². The number of hydrogen-bond acceptors (Lipinski definition) is 5. The number of nitrogens with two attached hydrogens (primary N) is 1. The monoisotopic (exact) mass is 239 g/mol. The molecule has 7 nitrogen and oxygen atoms in total. The molecule has 0 spiro atoms. The quantitative estimate of drug-likeness (QED) is 0.534. The minimum Gasteiger partial charge on any atom is -0.480 e. The third-order valence-corrected chi connectivity index (χ3v) is 2.04. The van der Waals surface area contributed by atoms with Gasteiger partial charge in [-0.05, 0) is 12.1 Å². The first-order chi connectivity index (χ1) is 8.04. The molecule has 1 atom stereocenters. The van der Waals surface area contributed by atoms with Gasteiger partial charge >= 0.3 is 5.97 Å². The number of hydrogen-bond donors (Lipinski definition) is 4. The van der Waals surface area contributed by atoms with Crippen LogP contribution in [0.5, 0.6) is 0 Å². The van der Waals surface area contributed by atoms with Gasteiger partial charge in [-0.1, -0.05) is 0 Å². The first-order valence-electron chi connectivity index (χ1n) is 4.90. The van der Waals surface area contributed by atoms with Gasteiger partial charge in [0.2, 0.25) is 0 Å². The Bertz CT molecular complexity index is 405. The normalized spacial score (nSPS) is 11.8. The fraction of sp³-hybridized carbons (Fsp3) is 0.300. The van der Waals surface area contributed by atoms with Gasteiger partial charge in [0.25, 0.3) is 5.91 Å². The van der Waals surface area contributed by atoms with Gasteiger partial charge < -0.3 is 21.3 Å². The zero-order valence-corrected chi connectivity index (χ0v) is 8.96. The number of aliphatic hydroxyl groups is 1. The highest BCUT2D eigenvalue weighted by molar-refractivity contribution is 5.95. The standard InChI is InChI=1S/C10H13N3O4/c11-6-1-2-7(12-5-6)9(15)13-8(3-4-14)10(16)17/h1-2,5,8,14H,3-4,11H2,(H,13,15)(H,16,17)/t8-/m0/s1. The Kier molecular flexibility index (Phi) is 4.41. The number of nitrogens with one attached hydrogen (secondary N) is 1. The molecule has 0 saturated heterocycles. The summed E-state index contributed by atoms with van der Waals surface area (Å²) in [5.41, 5.74) is 5.88. The predicted octanol–water partition coefficient (Wildman–Crippen LogP) is -0.771. The molecule has 7 heteroatoms. The van der Waals surface area contributed by atoms with Crippen LogP contribution in [0.15, 0.2) is 18.3 Å². The lowest BCUT2D eigenvalue weighted by molar-refractivity contribution is -0.139. The third kappa shape index (κ3) is 3.72. The number of carboxylic acids is 1. The SMILES string of the molecule is Nc1ccc(C(=O)N[C@@H](CCO)C(=O)O)nc1. The Balaban J connectivity index is 2.70. The second-order valence-corrected chi connectivity index (χ2v) is 3.35. The highest BCUT2D eigenvalue weighted by atomic mass is 16.4. The Morgan fingerprint density at radius 1 is 1.47 bits per heavy atom. The van der Waals surface area contributed by atoms with Gasteiger partial charge in [0.05, 0.1) is 11.9 Å². The Morgan fingerprint density at radius 3 is 2.65 bits per heavy atom. The van der Waals surface area contributed by atoms with E-state index in [1.807, 2.05) is 0 Å². The van der Waals surface area contributed by atoms with Crippen LogP contribution in [0.2, 0.25) is 0 Å². The van der Waals surface area contributed by atoms with Gasteiger partial charge in [0, 0.05) is 13.0 Å². The van der Waals surface area contributed by atoms with E-state index in [1.165, 1.54) is 18.3 Å². The molecule has 92 valence electrons. The maximum atomic E-state index is 11.6. The average molecular weight is 239 g/mol. The van der Waals surface area contributed by atoms with E-state index in [4.69, 9.17) is 15.9 Å². The lowest BCUT2D eigenvalue weighted by atomic mass is 10.2. The van der Waals surface area contributed by atoms with Crippen LogP contribution < -0.4 is 11.1 Å². The summed E-state index contributed by atoms with van der Waals surface area (Å²) in [4.78, 5) is 26.1. The highest BCUT2D eigenvalue weighted by Crippen LogP contribution is 2.02. The number of pyridine rings is 1. The lowest BCUT2D eigenvalue weighted by Gasteiger charge is -2.12. The molecule has 0 radical (unpaired) electrons. The Hall–Kier alpha value is -2.15. The third-order valence-electron chi connectivity index (χ3n) is 2.04. The number of carboxylic acid groups (broad SMARTS) is 1. The van der Waals surface area contributed by atoms with Gasteiger partial charge in [-0.3, -0.25) is 4.79 Å². The van der Waals surface area contributed by atoms with Crippen LogP contribution in [-0.4, -0.2) is 39.7 Å². The number of nitrogens with zero attached hydrogens (tertiary/aromatic N) is 1. The van der Waals surface area contributed by atoms with E-state index in [-0.39, 0.29) is 18.7 Å². The summed E-state index contributed by atoms with van der Waals surface area (Å²) in [6, 6.07) is 1.75. The van der Waals surface area contributed by atoms with E-state index in [2.05, 4.69) is 10.3 Å². The first kappa shape index (κ1) is 12.9. The topological polar surface area (TPSA) is 126 Å². The largest absolute Gasteiger partial charge is 0.480 e. The maximum Gasteiger partial charge on any atom is 0.326 e. The van der Waals surface area contributed by atoms with Gasteiger partial charge in [-0.15, -0.1) is 0 Å². The van der Waals surface area contributed by atoms with E-state index in [9.17, 15) is 9.59 Å². The molecule has 1 amide bonds. The number of amides is 1. The van der Waals surface area contributed by atoms with E-state index in [1.54, 1.807) is 0 Å². The number of carbonyl (C=O) groups excluding carboxylic acids is 1. The molecule has 0 saturated carbocycles. The minimum absolute atomic E-state index is 0.0595. The molecular weight excluding hydrogens is 226 g/mol. The molecule has 1 heterocycles. The van der Waals surface area contributed by atoms with Crippen molar-refractivity contribution < 1.29 is 19.8 Å². The summed E-state index contributed by atoms with van der Waals surface area (Å²) in [5, 5.41) is 19.7. The number of nitrogen functional groups attached to an aromatic ring is 1. The van der Waals surface area contributed by atoms with Crippen LogP contribution in [-0.2, 0) is 4.79 Å². The van der Waals surface area contributed by atoms with Crippen molar-refractivity contribution in [2.24, 2.45) is 0 Å². The van der Waals surface area contributed by atoms with E-state index < -0.39 is 17.9 Å². The number of aromatic nitrogens is 1. The summed E-state index contributed by atoms with van der Waals surface area (Å²) < 4.78 is 0. The minimum atomic E-state index is -1.21. The van der Waals surface area contributed by atoms with Gasteiger partial charge in [-0.25, -0.2) is 9.78 Å². The zero-order valence-electron chi connectivity index (χ0n) is 8.96. The van der Waals surface area contributed by atoms with E-state index >= 15 is 0 Å². The van der Waals surface area contributed by atoms with E-state index in [0.717, 1.165) is 0 Å². The number of carbonyl (C=O) groups is 2. The lowest BCUT2D eigenvalue weighted by Crippen LogP contribution is -2.41. The van der Waals surface area contributed by atoms with Crippen molar-refractivity contribution in [1.29, 1.82) is 0 Å². The van der Waals surface area contributed by atoms with Crippen molar-refractivity contribution in [3.63, 3.8) is 0 Å². The van der Waals surface area contributed by atoms with Gasteiger partial charge in [0.15, 0.2) is 0 Å². The van der Waals surface area contributed by atoms with Crippen LogP contribution in [0, 0.1) is 0 Å². The predicted molar refractivity (Wildman–Crippen MR) is 59.2 cm³/mol. The smallest absolute Gasteiger partial charge is 0.326 e. The molecule has 17 heavy (non-hydrogen) atoms. The van der Waals surface area contributed by atoms with Crippen molar-refractivity contribution >= 4 is 17.6 Å². The molecule has 1 aromatic heterocycles. The van der Waals surface area contributed by atoms with Crippen molar-refractivity contribution in [3.05, 3.63) is 24.0 Å². The zero-order chi connectivity index (χ0) is 12.8. The number of rotatable bonds is 5.